The van der Waals surface area contributed by atoms with E-state index in [-0.39, 0.29) is 23.8 Å². The Hall–Kier alpha value is -4.69. The fraction of sp³-hybridized carbons (Fsp3) is 0.324. The van der Waals surface area contributed by atoms with Gasteiger partial charge in [0.15, 0.2) is 5.96 Å². The van der Waals surface area contributed by atoms with E-state index in [0.29, 0.717) is 50.5 Å². The molecule has 4 aromatic rings. The zero-order valence-electron chi connectivity index (χ0n) is 26.2. The van der Waals surface area contributed by atoms with Gasteiger partial charge < -0.3 is 26.2 Å². The molecule has 0 bridgehead atoms. The van der Waals surface area contributed by atoms with Crippen LogP contribution in [-0.2, 0) is 4.79 Å². The van der Waals surface area contributed by atoms with Crippen LogP contribution in [0.5, 0.6) is 0 Å². The fourth-order valence-electron chi connectivity index (χ4n) is 5.90. The van der Waals surface area contributed by atoms with Gasteiger partial charge in [-0.15, -0.1) is 0 Å². The molecule has 234 valence electrons. The Balaban J connectivity index is 1.31. The van der Waals surface area contributed by atoms with Gasteiger partial charge in [0, 0.05) is 57.8 Å². The van der Waals surface area contributed by atoms with Gasteiger partial charge in [0.1, 0.15) is 0 Å². The number of fused-ring (bicyclic) bond motifs is 1. The minimum atomic E-state index is -0.391. The molecule has 1 aliphatic rings. The molecule has 1 heterocycles. The van der Waals surface area contributed by atoms with Crippen LogP contribution in [0.3, 0.4) is 0 Å². The quantitative estimate of drug-likeness (QED) is 0.132. The van der Waals surface area contributed by atoms with Crippen LogP contribution in [0.1, 0.15) is 46.7 Å². The molecular weight excluding hydrogens is 560 g/mol. The van der Waals surface area contributed by atoms with Crippen molar-refractivity contribution in [1.82, 2.24) is 20.4 Å². The van der Waals surface area contributed by atoms with E-state index in [1.807, 2.05) is 97.9 Å². The lowest BCUT2D eigenvalue weighted by molar-refractivity contribution is -0.133. The molecule has 0 saturated carbocycles. The lowest BCUT2D eigenvalue weighted by atomic mass is 9.90. The second-order valence-electron chi connectivity index (χ2n) is 11.9. The molecule has 0 spiro atoms. The number of carbonyl (C=O) groups excluding carboxylic acids is 2. The summed E-state index contributed by atoms with van der Waals surface area (Å²) in [5, 5.41) is 8.85. The van der Waals surface area contributed by atoms with E-state index >= 15 is 0 Å². The average molecular weight is 605 g/mol. The predicted molar refractivity (Wildman–Crippen MR) is 182 cm³/mol. The molecule has 2 atom stereocenters. The van der Waals surface area contributed by atoms with E-state index in [0.717, 1.165) is 17.2 Å². The van der Waals surface area contributed by atoms with Crippen molar-refractivity contribution >= 4 is 28.5 Å². The Morgan fingerprint density at radius 3 is 2.27 bits per heavy atom. The first-order valence-corrected chi connectivity index (χ1v) is 15.8. The molecule has 1 fully saturated rings. The lowest BCUT2D eigenvalue weighted by Crippen LogP contribution is -2.49. The van der Waals surface area contributed by atoms with Crippen LogP contribution in [0.25, 0.3) is 10.8 Å². The number of hydrogen-bond donors (Lipinski definition) is 3. The molecular formula is C37H44N6O2. The van der Waals surface area contributed by atoms with Gasteiger partial charge in [-0.1, -0.05) is 91.0 Å². The molecule has 2 amide bonds. The third-order valence-corrected chi connectivity index (χ3v) is 8.50. The summed E-state index contributed by atoms with van der Waals surface area (Å²) >= 11 is 0. The highest BCUT2D eigenvalue weighted by Gasteiger charge is 2.32. The molecule has 4 N–H and O–H groups in total. The van der Waals surface area contributed by atoms with Gasteiger partial charge in [-0.05, 0) is 53.3 Å². The van der Waals surface area contributed by atoms with Crippen molar-refractivity contribution in [3.8, 4) is 0 Å². The Kier molecular flexibility index (Phi) is 10.8. The van der Waals surface area contributed by atoms with Crippen molar-refractivity contribution in [1.29, 1.82) is 0 Å². The Bertz CT molecular complexity index is 1550. The van der Waals surface area contributed by atoms with Gasteiger partial charge in [-0.3, -0.25) is 14.6 Å². The Morgan fingerprint density at radius 2 is 1.60 bits per heavy atom. The predicted octanol–water partition coefficient (Wildman–Crippen LogP) is 4.62. The number of guanidine groups is 1. The van der Waals surface area contributed by atoms with E-state index < -0.39 is 6.04 Å². The number of nitrogens with one attached hydrogen (secondary N) is 2. The number of nitrogens with two attached hydrogens (primary N) is 1. The number of hydrogen-bond acceptors (Lipinski definition) is 4. The molecule has 8 heteroatoms. The second kappa shape index (κ2) is 15.3. The Labute approximate surface area is 266 Å². The molecule has 8 nitrogen and oxygen atoms in total. The van der Waals surface area contributed by atoms with E-state index in [9.17, 15) is 9.59 Å². The molecule has 1 saturated heterocycles. The van der Waals surface area contributed by atoms with E-state index in [4.69, 9.17) is 5.73 Å². The van der Waals surface area contributed by atoms with Crippen molar-refractivity contribution < 1.29 is 9.59 Å². The molecule has 0 aliphatic carbocycles. The SMILES string of the molecule is CN(C)C(N)=NCCCC1NC(CNC(=O)c2ccc3ccccc3c2)CCN(CC(c2ccccc2)c2ccccc2)C1=O. The summed E-state index contributed by atoms with van der Waals surface area (Å²) in [5.74, 6) is 0.485. The maximum atomic E-state index is 14.1. The van der Waals surface area contributed by atoms with Crippen LogP contribution in [0.4, 0.5) is 0 Å². The first-order chi connectivity index (χ1) is 21.9. The van der Waals surface area contributed by atoms with Crippen molar-refractivity contribution in [3.05, 3.63) is 120 Å². The summed E-state index contributed by atoms with van der Waals surface area (Å²) in [6.45, 7) is 2.14. The molecule has 5 rings (SSSR count). The maximum absolute atomic E-state index is 14.1. The number of nitrogens with zero attached hydrogens (tertiary/aromatic N) is 3. The number of carbonyl (C=O) groups is 2. The molecule has 45 heavy (non-hydrogen) atoms. The standard InChI is InChI=1S/C37H44N6O2/c1-42(2)37(38)39-22-11-18-34-36(45)43(26-33(28-13-5-3-6-14-28)29-15-7-4-8-16-29)23-21-32(41-34)25-40-35(44)31-20-19-27-12-9-10-17-30(27)24-31/h3-10,12-17,19-20,24,32-34,41H,11,18,21-23,25-26H2,1-2H3,(H2,38,39)(H,40,44). The average Bonchev–Trinajstić information content (AvgIpc) is 3.22. The van der Waals surface area contributed by atoms with Crippen LogP contribution >= 0.6 is 0 Å². The van der Waals surface area contributed by atoms with Crippen molar-refractivity contribution in [2.75, 3.05) is 40.3 Å². The molecule has 0 radical (unpaired) electrons. The topological polar surface area (TPSA) is 103 Å². The third-order valence-electron chi connectivity index (χ3n) is 8.50. The van der Waals surface area contributed by atoms with Crippen LogP contribution in [0.15, 0.2) is 108 Å². The maximum Gasteiger partial charge on any atom is 0.251 e. The van der Waals surface area contributed by atoms with Gasteiger partial charge in [-0.2, -0.15) is 0 Å². The fourth-order valence-corrected chi connectivity index (χ4v) is 5.90. The lowest BCUT2D eigenvalue weighted by Gasteiger charge is -2.29. The van der Waals surface area contributed by atoms with Gasteiger partial charge in [0.05, 0.1) is 6.04 Å². The van der Waals surface area contributed by atoms with Gasteiger partial charge in [0.25, 0.3) is 5.91 Å². The zero-order valence-corrected chi connectivity index (χ0v) is 26.2. The minimum Gasteiger partial charge on any atom is -0.370 e. The summed E-state index contributed by atoms with van der Waals surface area (Å²) in [4.78, 5) is 35.5. The largest absolute Gasteiger partial charge is 0.370 e. The first-order valence-electron chi connectivity index (χ1n) is 15.8. The van der Waals surface area contributed by atoms with Crippen molar-refractivity contribution in [2.24, 2.45) is 10.7 Å². The summed E-state index contributed by atoms with van der Waals surface area (Å²) in [6, 6.07) is 34.1. The number of rotatable bonds is 11. The minimum absolute atomic E-state index is 0.0469. The number of benzene rings is 4. The van der Waals surface area contributed by atoms with Crippen molar-refractivity contribution in [3.63, 3.8) is 0 Å². The van der Waals surface area contributed by atoms with E-state index in [1.54, 1.807) is 4.90 Å². The zero-order chi connectivity index (χ0) is 31.6. The van der Waals surface area contributed by atoms with Crippen LogP contribution in [-0.4, -0.2) is 79.9 Å². The van der Waals surface area contributed by atoms with Gasteiger partial charge >= 0.3 is 0 Å². The molecule has 4 aromatic carbocycles. The highest BCUT2D eigenvalue weighted by molar-refractivity contribution is 5.98. The van der Waals surface area contributed by atoms with Crippen molar-refractivity contribution in [2.45, 2.75) is 37.3 Å². The van der Waals surface area contributed by atoms with E-state index in [2.05, 4.69) is 39.9 Å². The highest BCUT2D eigenvalue weighted by Crippen LogP contribution is 2.27. The second-order valence-corrected chi connectivity index (χ2v) is 11.9. The third kappa shape index (κ3) is 8.48. The van der Waals surface area contributed by atoms with Crippen LogP contribution in [0.2, 0.25) is 0 Å². The molecule has 1 aliphatic heterocycles. The van der Waals surface area contributed by atoms with Gasteiger partial charge in [0.2, 0.25) is 5.91 Å². The normalized spacial score (nSPS) is 17.4. The van der Waals surface area contributed by atoms with Gasteiger partial charge in [-0.25, -0.2) is 0 Å². The summed E-state index contributed by atoms with van der Waals surface area (Å²) in [7, 11) is 3.72. The number of amides is 2. The molecule has 2 unspecified atom stereocenters. The van der Waals surface area contributed by atoms with Crippen LogP contribution < -0.4 is 16.4 Å². The van der Waals surface area contributed by atoms with E-state index in [1.165, 1.54) is 11.1 Å². The highest BCUT2D eigenvalue weighted by atomic mass is 16.2. The monoisotopic (exact) mass is 604 g/mol. The van der Waals surface area contributed by atoms with Crippen LogP contribution in [0, 0.1) is 0 Å². The molecule has 0 aromatic heterocycles. The summed E-state index contributed by atoms with van der Waals surface area (Å²) < 4.78 is 0. The summed E-state index contributed by atoms with van der Waals surface area (Å²) in [6.07, 6.45) is 2.06. The number of aliphatic imine (C=N–C) groups is 1. The smallest absolute Gasteiger partial charge is 0.251 e. The first kappa shape index (κ1) is 31.7. The summed E-state index contributed by atoms with van der Waals surface area (Å²) in [5.41, 5.74) is 8.97. The Morgan fingerprint density at radius 1 is 0.956 bits per heavy atom.